The number of aliphatic carboxylic acids is 1. The van der Waals surface area contributed by atoms with Crippen molar-refractivity contribution in [2.75, 3.05) is 33.5 Å². The van der Waals surface area contributed by atoms with Gasteiger partial charge in [-0.25, -0.2) is 0 Å². The van der Waals surface area contributed by atoms with Gasteiger partial charge in [-0.1, -0.05) is 12.3 Å². The van der Waals surface area contributed by atoms with Crippen LogP contribution in [0.1, 0.15) is 64.2 Å². The molecule has 2 rings (SSSR count). The maximum Gasteiger partial charge on any atom is 0.306 e. The average molecular weight is 437 g/mol. The van der Waals surface area contributed by atoms with Gasteiger partial charge in [0.05, 0.1) is 18.9 Å². The summed E-state index contributed by atoms with van der Waals surface area (Å²) in [4.78, 5) is 21.8. The third kappa shape index (κ3) is 11.3. The van der Waals surface area contributed by atoms with E-state index in [-0.39, 0.29) is 12.0 Å². The molecule has 2 aliphatic rings. The standard InChI is InChI=1S/C24H36O7/c1-27-16-7-18-28-17-4-2-3-5-19-29-21-8-6-9-22(15-14-21)30-31-23-12-10-20(11-13-23)24(25)26/h14-15,20,23H,2-5,7-8,10-13,16-19H2,1H3,(H,25,26). The minimum Gasteiger partial charge on any atom is -0.497 e. The van der Waals surface area contributed by atoms with E-state index in [0.717, 1.165) is 57.7 Å². The molecule has 0 aliphatic heterocycles. The Morgan fingerprint density at radius 1 is 1.00 bits per heavy atom. The molecule has 7 heteroatoms. The molecule has 0 amide bonds. The summed E-state index contributed by atoms with van der Waals surface area (Å²) in [6.07, 6.45) is 12.0. The normalized spacial score (nSPS) is 20.7. The van der Waals surface area contributed by atoms with E-state index >= 15 is 0 Å². The summed E-state index contributed by atoms with van der Waals surface area (Å²) < 4.78 is 16.4. The highest BCUT2D eigenvalue weighted by Crippen LogP contribution is 2.27. The maximum atomic E-state index is 11.0. The molecular formula is C24H36O7. The zero-order valence-corrected chi connectivity index (χ0v) is 18.6. The van der Waals surface area contributed by atoms with E-state index in [9.17, 15) is 4.79 Å². The Morgan fingerprint density at radius 3 is 2.48 bits per heavy atom. The number of carboxylic acid groups (broad SMARTS) is 1. The van der Waals surface area contributed by atoms with Gasteiger partial charge in [-0.05, 0) is 69.4 Å². The Bertz CT molecular complexity index is 636. The maximum absolute atomic E-state index is 11.0. The molecule has 0 spiro atoms. The van der Waals surface area contributed by atoms with Crippen molar-refractivity contribution >= 4 is 5.97 Å². The van der Waals surface area contributed by atoms with E-state index in [0.29, 0.717) is 44.5 Å². The molecule has 0 atom stereocenters. The Morgan fingerprint density at radius 2 is 1.74 bits per heavy atom. The number of carbonyl (C=O) groups is 1. The van der Waals surface area contributed by atoms with Crippen LogP contribution in [-0.4, -0.2) is 50.7 Å². The lowest BCUT2D eigenvalue weighted by Crippen LogP contribution is -2.26. The molecule has 0 bridgehead atoms. The minimum absolute atomic E-state index is 0.0861. The van der Waals surface area contributed by atoms with Gasteiger partial charge in [0, 0.05) is 26.9 Å². The first-order chi connectivity index (χ1) is 15.2. The van der Waals surface area contributed by atoms with Gasteiger partial charge < -0.3 is 24.2 Å². The SMILES string of the molecule is COCCCOCCCCCCOC1=CC=C(OOC2CCC(C(=O)O)CC2)C#CC1. The number of ether oxygens (including phenoxy) is 3. The fraction of sp³-hybridized carbons (Fsp3) is 0.708. The summed E-state index contributed by atoms with van der Waals surface area (Å²) in [5.41, 5.74) is 0. The second-order valence-corrected chi connectivity index (χ2v) is 7.86. The predicted molar refractivity (Wildman–Crippen MR) is 116 cm³/mol. The second-order valence-electron chi connectivity index (χ2n) is 7.86. The third-order valence-corrected chi connectivity index (χ3v) is 5.30. The first kappa shape index (κ1) is 25.3. The highest BCUT2D eigenvalue weighted by Gasteiger charge is 2.27. The monoisotopic (exact) mass is 436 g/mol. The molecule has 1 saturated carbocycles. The van der Waals surface area contributed by atoms with Crippen molar-refractivity contribution in [1.29, 1.82) is 0 Å². The van der Waals surface area contributed by atoms with Gasteiger partial charge in [-0.15, -0.1) is 0 Å². The van der Waals surface area contributed by atoms with Crippen LogP contribution in [0.2, 0.25) is 0 Å². The largest absolute Gasteiger partial charge is 0.497 e. The van der Waals surface area contributed by atoms with Crippen LogP contribution >= 0.6 is 0 Å². The molecule has 0 heterocycles. The molecule has 31 heavy (non-hydrogen) atoms. The molecule has 7 nitrogen and oxygen atoms in total. The predicted octanol–water partition coefficient (Wildman–Crippen LogP) is 4.38. The van der Waals surface area contributed by atoms with Crippen LogP contribution in [0.4, 0.5) is 0 Å². The van der Waals surface area contributed by atoms with E-state index in [1.165, 1.54) is 0 Å². The molecule has 2 aliphatic carbocycles. The molecule has 0 aromatic rings. The second kappa shape index (κ2) is 15.7. The van der Waals surface area contributed by atoms with Crippen molar-refractivity contribution in [3.05, 3.63) is 23.7 Å². The van der Waals surface area contributed by atoms with E-state index < -0.39 is 5.97 Å². The van der Waals surface area contributed by atoms with Crippen LogP contribution in [0.25, 0.3) is 0 Å². The number of allylic oxidation sites excluding steroid dienone is 4. The van der Waals surface area contributed by atoms with Gasteiger partial charge in [0.15, 0.2) is 0 Å². The fourth-order valence-corrected chi connectivity index (χ4v) is 3.43. The molecule has 0 unspecified atom stereocenters. The quantitative estimate of drug-likeness (QED) is 0.166. The molecule has 0 aromatic carbocycles. The van der Waals surface area contributed by atoms with Crippen molar-refractivity contribution < 1.29 is 33.9 Å². The van der Waals surface area contributed by atoms with Crippen molar-refractivity contribution in [3.8, 4) is 11.8 Å². The molecule has 0 radical (unpaired) electrons. The lowest BCUT2D eigenvalue weighted by molar-refractivity contribution is -0.296. The smallest absolute Gasteiger partial charge is 0.306 e. The summed E-state index contributed by atoms with van der Waals surface area (Å²) >= 11 is 0. The molecule has 1 fully saturated rings. The Balaban J connectivity index is 1.52. The third-order valence-electron chi connectivity index (χ3n) is 5.30. The minimum atomic E-state index is -0.725. The number of carboxylic acids is 1. The van der Waals surface area contributed by atoms with Gasteiger partial charge in [0.25, 0.3) is 0 Å². The Kier molecular flexibility index (Phi) is 12.8. The van der Waals surface area contributed by atoms with Crippen molar-refractivity contribution in [3.63, 3.8) is 0 Å². The Hall–Kier alpha value is -2.01. The van der Waals surface area contributed by atoms with Gasteiger partial charge in [0.2, 0.25) is 5.76 Å². The van der Waals surface area contributed by atoms with Crippen LogP contribution in [-0.2, 0) is 28.8 Å². The van der Waals surface area contributed by atoms with Crippen LogP contribution < -0.4 is 0 Å². The van der Waals surface area contributed by atoms with Gasteiger partial charge in [-0.2, -0.15) is 4.89 Å². The van der Waals surface area contributed by atoms with Crippen molar-refractivity contribution in [2.45, 2.75) is 70.3 Å². The van der Waals surface area contributed by atoms with E-state index in [1.54, 1.807) is 13.2 Å². The zero-order valence-electron chi connectivity index (χ0n) is 18.6. The Labute approximate surface area is 185 Å². The summed E-state index contributed by atoms with van der Waals surface area (Å²) in [6.45, 7) is 3.00. The van der Waals surface area contributed by atoms with Gasteiger partial charge in [-0.3, -0.25) is 4.79 Å². The van der Waals surface area contributed by atoms with E-state index in [1.807, 2.05) is 6.08 Å². The summed E-state index contributed by atoms with van der Waals surface area (Å²) in [5, 5.41) is 9.05. The first-order valence-corrected chi connectivity index (χ1v) is 11.3. The number of hydrogen-bond acceptors (Lipinski definition) is 6. The summed E-state index contributed by atoms with van der Waals surface area (Å²) in [7, 11) is 1.70. The van der Waals surface area contributed by atoms with Crippen LogP contribution in [0.3, 0.4) is 0 Å². The van der Waals surface area contributed by atoms with Crippen molar-refractivity contribution in [1.82, 2.24) is 0 Å². The summed E-state index contributed by atoms with van der Waals surface area (Å²) in [6, 6.07) is 0. The van der Waals surface area contributed by atoms with E-state index in [4.69, 9.17) is 29.1 Å². The van der Waals surface area contributed by atoms with E-state index in [2.05, 4.69) is 11.8 Å². The number of methoxy groups -OCH3 is 1. The lowest BCUT2D eigenvalue weighted by atomic mass is 9.88. The van der Waals surface area contributed by atoms with Gasteiger partial charge in [0.1, 0.15) is 11.9 Å². The highest BCUT2D eigenvalue weighted by molar-refractivity contribution is 5.70. The molecule has 0 aromatic heterocycles. The molecule has 1 N–H and O–H groups in total. The summed E-state index contributed by atoms with van der Waals surface area (Å²) in [5.74, 6) is 6.25. The number of rotatable bonds is 16. The number of hydrogen-bond donors (Lipinski definition) is 1. The molecular weight excluding hydrogens is 400 g/mol. The lowest BCUT2D eigenvalue weighted by Gasteiger charge is -2.24. The van der Waals surface area contributed by atoms with Crippen LogP contribution in [0.5, 0.6) is 0 Å². The van der Waals surface area contributed by atoms with Gasteiger partial charge >= 0.3 is 5.97 Å². The fourth-order valence-electron chi connectivity index (χ4n) is 3.43. The van der Waals surface area contributed by atoms with Crippen molar-refractivity contribution in [2.24, 2.45) is 5.92 Å². The van der Waals surface area contributed by atoms with Crippen LogP contribution in [0.15, 0.2) is 23.7 Å². The van der Waals surface area contributed by atoms with Crippen LogP contribution in [0, 0.1) is 17.8 Å². The zero-order chi connectivity index (χ0) is 22.2. The number of unbranched alkanes of at least 4 members (excludes halogenated alkanes) is 3. The first-order valence-electron chi connectivity index (χ1n) is 11.3. The molecule has 0 saturated heterocycles. The average Bonchev–Trinajstić information content (AvgIpc) is 3.01. The highest BCUT2D eigenvalue weighted by atomic mass is 17.2. The molecule has 174 valence electrons. The topological polar surface area (TPSA) is 83.5 Å².